The number of hydrogen-bond acceptors (Lipinski definition) is 5. The van der Waals surface area contributed by atoms with Gasteiger partial charge in [-0.2, -0.15) is 0 Å². The number of nitrogens with two attached hydrogens (primary N) is 1. The molecule has 1 fully saturated rings. The van der Waals surface area contributed by atoms with Crippen LogP contribution in [0.2, 0.25) is 0 Å². The summed E-state index contributed by atoms with van der Waals surface area (Å²) in [6, 6.07) is 0.150. The molecule has 2 N–H and O–H groups in total. The van der Waals surface area contributed by atoms with Crippen LogP contribution < -0.4 is 5.73 Å². The number of amides is 1. The molecule has 5 nitrogen and oxygen atoms in total. The monoisotopic (exact) mass is 269 g/mol. The maximum Gasteiger partial charge on any atom is 0.273 e. The van der Waals surface area contributed by atoms with Crippen LogP contribution in [-0.2, 0) is 11.2 Å². The minimum Gasteiger partial charge on any atom is -0.376 e. The highest BCUT2D eigenvalue weighted by Gasteiger charge is 2.31. The van der Waals surface area contributed by atoms with Crippen molar-refractivity contribution in [3.63, 3.8) is 0 Å². The van der Waals surface area contributed by atoms with Gasteiger partial charge >= 0.3 is 0 Å². The first-order valence-electron chi connectivity index (χ1n) is 6.16. The number of ether oxygens (including phenoxy) is 1. The predicted octanol–water partition coefficient (Wildman–Crippen LogP) is 0.894. The highest BCUT2D eigenvalue weighted by atomic mass is 32.1. The van der Waals surface area contributed by atoms with Gasteiger partial charge < -0.3 is 15.4 Å². The molecule has 0 bridgehead atoms. The predicted molar refractivity (Wildman–Crippen MR) is 70.8 cm³/mol. The summed E-state index contributed by atoms with van der Waals surface area (Å²) >= 11 is 1.49. The fourth-order valence-corrected chi connectivity index (χ4v) is 3.00. The first kappa shape index (κ1) is 13.5. The summed E-state index contributed by atoms with van der Waals surface area (Å²) in [4.78, 5) is 18.4. The molecular weight excluding hydrogens is 250 g/mol. The van der Waals surface area contributed by atoms with Gasteiger partial charge in [-0.15, -0.1) is 11.3 Å². The maximum atomic E-state index is 12.3. The second kappa shape index (κ2) is 5.77. The zero-order valence-electron chi connectivity index (χ0n) is 10.8. The Morgan fingerprint density at radius 2 is 2.50 bits per heavy atom. The third kappa shape index (κ3) is 2.71. The molecule has 100 valence electrons. The summed E-state index contributed by atoms with van der Waals surface area (Å²) in [5, 5.41) is 2.73. The van der Waals surface area contributed by atoms with E-state index < -0.39 is 0 Å². The molecule has 0 aliphatic carbocycles. The average molecular weight is 269 g/mol. The summed E-state index contributed by atoms with van der Waals surface area (Å²) in [5.74, 6) is -0.0307. The fourth-order valence-electron chi connectivity index (χ4n) is 2.21. The number of thiazole rings is 1. The van der Waals surface area contributed by atoms with Crippen LogP contribution in [0.3, 0.4) is 0 Å². The van der Waals surface area contributed by atoms with Gasteiger partial charge in [-0.1, -0.05) is 0 Å². The molecule has 2 rings (SSSR count). The number of hydrogen-bond donors (Lipinski definition) is 1. The first-order chi connectivity index (χ1) is 8.63. The minimum absolute atomic E-state index is 0.0307. The zero-order chi connectivity index (χ0) is 13.1. The van der Waals surface area contributed by atoms with Crippen molar-refractivity contribution >= 4 is 17.2 Å². The van der Waals surface area contributed by atoms with E-state index in [4.69, 9.17) is 10.5 Å². The SMILES string of the molecule is CC1OCCC1N(C)C(=O)c1csc(CCN)n1. The zero-order valence-corrected chi connectivity index (χ0v) is 11.6. The Balaban J connectivity index is 2.05. The van der Waals surface area contributed by atoms with Gasteiger partial charge in [0, 0.05) is 25.5 Å². The van der Waals surface area contributed by atoms with Crippen LogP contribution in [0.1, 0.15) is 28.8 Å². The molecule has 1 aliphatic rings. The van der Waals surface area contributed by atoms with Gasteiger partial charge in [-0.3, -0.25) is 4.79 Å². The summed E-state index contributed by atoms with van der Waals surface area (Å²) in [5.41, 5.74) is 6.00. The van der Waals surface area contributed by atoms with Crippen LogP contribution in [0, 0.1) is 0 Å². The molecule has 0 saturated carbocycles. The van der Waals surface area contributed by atoms with Crippen LogP contribution in [0.25, 0.3) is 0 Å². The van der Waals surface area contributed by atoms with Crippen molar-refractivity contribution in [2.75, 3.05) is 20.2 Å². The molecular formula is C12H19N3O2S. The van der Waals surface area contributed by atoms with Crippen LogP contribution in [0.5, 0.6) is 0 Å². The Morgan fingerprint density at radius 1 is 1.72 bits per heavy atom. The van der Waals surface area contributed by atoms with Gasteiger partial charge in [0.1, 0.15) is 5.69 Å². The molecule has 6 heteroatoms. The lowest BCUT2D eigenvalue weighted by Crippen LogP contribution is -2.41. The highest BCUT2D eigenvalue weighted by Crippen LogP contribution is 2.20. The van der Waals surface area contributed by atoms with Gasteiger partial charge in [-0.05, 0) is 19.9 Å². The Morgan fingerprint density at radius 3 is 3.11 bits per heavy atom. The van der Waals surface area contributed by atoms with E-state index in [0.29, 0.717) is 12.2 Å². The van der Waals surface area contributed by atoms with E-state index in [1.165, 1.54) is 11.3 Å². The van der Waals surface area contributed by atoms with Crippen LogP contribution in [0.15, 0.2) is 5.38 Å². The highest BCUT2D eigenvalue weighted by molar-refractivity contribution is 7.09. The number of likely N-dealkylation sites (N-methyl/N-ethyl adjacent to an activating group) is 1. The Labute approximate surface area is 111 Å². The summed E-state index contributed by atoms with van der Waals surface area (Å²) in [7, 11) is 1.82. The average Bonchev–Trinajstić information content (AvgIpc) is 2.97. The topological polar surface area (TPSA) is 68.5 Å². The Hall–Kier alpha value is -0.980. The number of carbonyl (C=O) groups is 1. The standard InChI is InChI=1S/C12H19N3O2S/c1-8-10(4-6-17-8)15(2)12(16)9-7-18-11(14-9)3-5-13/h7-8,10H,3-6,13H2,1-2H3. The van der Waals surface area contributed by atoms with E-state index in [1.807, 2.05) is 19.4 Å². The van der Waals surface area contributed by atoms with Crippen molar-refractivity contribution in [2.24, 2.45) is 5.73 Å². The summed E-state index contributed by atoms with van der Waals surface area (Å²) in [6.45, 7) is 3.28. The smallest absolute Gasteiger partial charge is 0.273 e. The van der Waals surface area contributed by atoms with Crippen molar-refractivity contribution < 1.29 is 9.53 Å². The van der Waals surface area contributed by atoms with Crippen molar-refractivity contribution in [2.45, 2.75) is 31.9 Å². The molecule has 2 heterocycles. The molecule has 18 heavy (non-hydrogen) atoms. The molecule has 0 spiro atoms. The lowest BCUT2D eigenvalue weighted by atomic mass is 10.1. The molecule has 0 radical (unpaired) electrons. The first-order valence-corrected chi connectivity index (χ1v) is 7.04. The lowest BCUT2D eigenvalue weighted by molar-refractivity contribution is 0.0570. The van der Waals surface area contributed by atoms with Gasteiger partial charge in [-0.25, -0.2) is 4.98 Å². The molecule has 1 amide bonds. The molecule has 1 aromatic rings. The second-order valence-electron chi connectivity index (χ2n) is 4.51. The van der Waals surface area contributed by atoms with E-state index >= 15 is 0 Å². The molecule has 2 atom stereocenters. The maximum absolute atomic E-state index is 12.3. The Kier molecular flexibility index (Phi) is 4.31. The normalized spacial score (nSPS) is 23.3. The van der Waals surface area contributed by atoms with Gasteiger partial charge in [0.05, 0.1) is 17.2 Å². The lowest BCUT2D eigenvalue weighted by Gasteiger charge is -2.25. The van der Waals surface area contributed by atoms with Crippen LogP contribution in [-0.4, -0.2) is 48.1 Å². The Bertz CT molecular complexity index is 421. The van der Waals surface area contributed by atoms with E-state index in [9.17, 15) is 4.79 Å². The van der Waals surface area contributed by atoms with Gasteiger partial charge in [0.2, 0.25) is 0 Å². The molecule has 1 aliphatic heterocycles. The van der Waals surface area contributed by atoms with Crippen molar-refractivity contribution in [3.05, 3.63) is 16.1 Å². The van der Waals surface area contributed by atoms with E-state index in [-0.39, 0.29) is 18.1 Å². The molecule has 0 aromatic carbocycles. The van der Waals surface area contributed by atoms with Crippen LogP contribution >= 0.6 is 11.3 Å². The number of aromatic nitrogens is 1. The molecule has 1 aromatic heterocycles. The van der Waals surface area contributed by atoms with Gasteiger partial charge in [0.15, 0.2) is 0 Å². The second-order valence-corrected chi connectivity index (χ2v) is 5.46. The van der Waals surface area contributed by atoms with Crippen molar-refractivity contribution in [3.8, 4) is 0 Å². The van der Waals surface area contributed by atoms with Crippen LogP contribution in [0.4, 0.5) is 0 Å². The number of rotatable bonds is 4. The quantitative estimate of drug-likeness (QED) is 0.881. The van der Waals surface area contributed by atoms with E-state index in [1.54, 1.807) is 4.90 Å². The molecule has 2 unspecified atom stereocenters. The number of carbonyl (C=O) groups excluding carboxylic acids is 1. The summed E-state index contributed by atoms with van der Waals surface area (Å²) < 4.78 is 5.49. The van der Waals surface area contributed by atoms with E-state index in [2.05, 4.69) is 4.98 Å². The van der Waals surface area contributed by atoms with Crippen molar-refractivity contribution in [1.29, 1.82) is 0 Å². The molecule has 1 saturated heterocycles. The number of nitrogens with zero attached hydrogens (tertiary/aromatic N) is 2. The third-order valence-corrected chi connectivity index (χ3v) is 4.19. The van der Waals surface area contributed by atoms with E-state index in [0.717, 1.165) is 24.5 Å². The van der Waals surface area contributed by atoms with Gasteiger partial charge in [0.25, 0.3) is 5.91 Å². The minimum atomic E-state index is -0.0307. The summed E-state index contributed by atoms with van der Waals surface area (Å²) in [6.07, 6.45) is 1.72. The van der Waals surface area contributed by atoms with Crippen molar-refractivity contribution in [1.82, 2.24) is 9.88 Å². The third-order valence-electron chi connectivity index (χ3n) is 3.28. The largest absolute Gasteiger partial charge is 0.376 e. The fraction of sp³-hybridized carbons (Fsp3) is 0.667.